The van der Waals surface area contributed by atoms with Gasteiger partial charge >= 0.3 is 5.69 Å². The second kappa shape index (κ2) is 4.53. The van der Waals surface area contributed by atoms with Crippen LogP contribution in [0.4, 0.5) is 0 Å². The second-order valence-electron chi connectivity index (χ2n) is 5.14. The van der Waals surface area contributed by atoms with Crippen molar-refractivity contribution in [3.8, 4) is 0 Å². The molecule has 0 atom stereocenters. The molecule has 0 N–H and O–H groups in total. The van der Waals surface area contributed by atoms with E-state index in [1.54, 1.807) is 29.1 Å². The molecule has 0 amide bonds. The number of benzene rings is 1. The van der Waals surface area contributed by atoms with Gasteiger partial charge < -0.3 is 0 Å². The maximum absolute atomic E-state index is 12.1. The van der Waals surface area contributed by atoms with Gasteiger partial charge in [-0.3, -0.25) is 13.9 Å². The highest BCUT2D eigenvalue weighted by atomic mass is 16.2. The Bertz CT molecular complexity index is 660. The summed E-state index contributed by atoms with van der Waals surface area (Å²) in [5.74, 6) is -0.0318. The summed E-state index contributed by atoms with van der Waals surface area (Å²) in [5, 5.41) is 0. The first kappa shape index (κ1) is 12.0. The molecule has 1 fully saturated rings. The van der Waals surface area contributed by atoms with E-state index in [1.165, 1.54) is 4.57 Å². The zero-order valence-corrected chi connectivity index (χ0v) is 10.9. The van der Waals surface area contributed by atoms with Crippen LogP contribution in [-0.2, 0) is 6.54 Å². The van der Waals surface area contributed by atoms with Gasteiger partial charge in [0, 0.05) is 24.0 Å². The molecule has 19 heavy (non-hydrogen) atoms. The molecule has 1 aliphatic rings. The molecule has 1 aliphatic carbocycles. The van der Waals surface area contributed by atoms with Crippen LogP contribution >= 0.6 is 0 Å². The zero-order valence-electron chi connectivity index (χ0n) is 10.9. The lowest BCUT2D eigenvalue weighted by Crippen LogP contribution is -2.26. The fraction of sp³-hybridized carbons (Fsp3) is 0.333. The summed E-state index contributed by atoms with van der Waals surface area (Å²) >= 11 is 0. The van der Waals surface area contributed by atoms with Crippen molar-refractivity contribution in [2.45, 2.75) is 32.4 Å². The fourth-order valence-electron chi connectivity index (χ4n) is 2.16. The molecule has 4 heteroatoms. The molecular weight excluding hydrogens is 240 g/mol. The first-order valence-corrected chi connectivity index (χ1v) is 6.52. The van der Waals surface area contributed by atoms with Crippen LogP contribution in [0, 0.1) is 6.92 Å². The van der Waals surface area contributed by atoms with Crippen molar-refractivity contribution in [1.82, 2.24) is 9.13 Å². The highest BCUT2D eigenvalue weighted by Crippen LogP contribution is 2.33. The molecule has 0 radical (unpaired) electrons. The topological polar surface area (TPSA) is 44.0 Å². The maximum atomic E-state index is 12.1. The molecule has 1 aromatic carbocycles. The first-order chi connectivity index (χ1) is 9.15. The summed E-state index contributed by atoms with van der Waals surface area (Å²) in [6.45, 7) is 2.09. The molecule has 0 bridgehead atoms. The van der Waals surface area contributed by atoms with Gasteiger partial charge in [-0.2, -0.15) is 0 Å². The number of nitrogens with zero attached hydrogens (tertiary/aromatic N) is 2. The van der Waals surface area contributed by atoms with E-state index in [2.05, 4.69) is 0 Å². The number of carbonyl (C=O) groups is 1. The van der Waals surface area contributed by atoms with E-state index >= 15 is 0 Å². The van der Waals surface area contributed by atoms with E-state index in [0.29, 0.717) is 11.6 Å². The predicted octanol–water partition coefficient (Wildman–Crippen LogP) is 2.18. The van der Waals surface area contributed by atoms with Crippen molar-refractivity contribution < 1.29 is 4.79 Å². The van der Waals surface area contributed by atoms with Crippen molar-refractivity contribution in [3.63, 3.8) is 0 Å². The van der Waals surface area contributed by atoms with E-state index in [-0.39, 0.29) is 18.0 Å². The van der Waals surface area contributed by atoms with Gasteiger partial charge in [-0.1, -0.05) is 29.8 Å². The third-order valence-corrected chi connectivity index (χ3v) is 3.50. The summed E-state index contributed by atoms with van der Waals surface area (Å²) in [7, 11) is 0. The average Bonchev–Trinajstić information content (AvgIpc) is 3.17. The van der Waals surface area contributed by atoms with Crippen molar-refractivity contribution in [3.05, 3.63) is 58.3 Å². The van der Waals surface area contributed by atoms with Gasteiger partial charge in [-0.25, -0.2) is 4.79 Å². The third kappa shape index (κ3) is 2.38. The van der Waals surface area contributed by atoms with E-state index < -0.39 is 0 Å². The standard InChI is InChI=1S/C15H16N2O2/c1-11-2-4-12(5-3-11)14(18)10-16-8-9-17(15(16)19)13-6-7-13/h2-5,8-9,13H,6-7,10H2,1H3. The van der Waals surface area contributed by atoms with Crippen molar-refractivity contribution in [1.29, 1.82) is 0 Å². The Morgan fingerprint density at radius 3 is 2.53 bits per heavy atom. The second-order valence-corrected chi connectivity index (χ2v) is 5.14. The van der Waals surface area contributed by atoms with Gasteiger partial charge in [0.05, 0.1) is 6.54 Å². The van der Waals surface area contributed by atoms with Crippen LogP contribution in [0.3, 0.4) is 0 Å². The molecule has 0 unspecified atom stereocenters. The van der Waals surface area contributed by atoms with Crippen molar-refractivity contribution >= 4 is 5.78 Å². The number of ketones is 1. The van der Waals surface area contributed by atoms with Crippen LogP contribution in [0.1, 0.15) is 34.8 Å². The molecule has 0 aliphatic heterocycles. The first-order valence-electron chi connectivity index (χ1n) is 6.52. The molecule has 4 nitrogen and oxygen atoms in total. The minimum Gasteiger partial charge on any atom is -0.296 e. The Morgan fingerprint density at radius 2 is 1.89 bits per heavy atom. The van der Waals surface area contributed by atoms with Crippen LogP contribution in [0.2, 0.25) is 0 Å². The van der Waals surface area contributed by atoms with Gasteiger partial charge in [0.2, 0.25) is 0 Å². The molecule has 0 saturated heterocycles. The number of hydrogen-bond acceptors (Lipinski definition) is 2. The minimum atomic E-state index is -0.0806. The van der Waals surface area contributed by atoms with Gasteiger partial charge in [-0.15, -0.1) is 0 Å². The molecule has 1 saturated carbocycles. The summed E-state index contributed by atoms with van der Waals surface area (Å²) in [4.78, 5) is 24.1. The van der Waals surface area contributed by atoms with Gasteiger partial charge in [0.25, 0.3) is 0 Å². The largest absolute Gasteiger partial charge is 0.328 e. The molecule has 2 aromatic rings. The summed E-state index contributed by atoms with van der Waals surface area (Å²) in [5.41, 5.74) is 1.69. The number of imidazole rings is 1. The molecule has 98 valence electrons. The minimum absolute atomic E-state index is 0.0318. The van der Waals surface area contributed by atoms with E-state index in [1.807, 2.05) is 19.1 Å². The highest BCUT2D eigenvalue weighted by molar-refractivity contribution is 5.95. The van der Waals surface area contributed by atoms with Crippen molar-refractivity contribution in [2.75, 3.05) is 0 Å². The normalized spacial score (nSPS) is 14.6. The molecule has 1 heterocycles. The maximum Gasteiger partial charge on any atom is 0.328 e. The zero-order chi connectivity index (χ0) is 13.4. The summed E-state index contributed by atoms with van der Waals surface area (Å²) < 4.78 is 3.21. The van der Waals surface area contributed by atoms with Crippen LogP contribution in [0.15, 0.2) is 41.5 Å². The Kier molecular flexibility index (Phi) is 2.85. The summed E-state index contributed by atoms with van der Waals surface area (Å²) in [6, 6.07) is 7.78. The lowest BCUT2D eigenvalue weighted by molar-refractivity contribution is 0.0970. The van der Waals surface area contributed by atoms with E-state index in [9.17, 15) is 9.59 Å². The third-order valence-electron chi connectivity index (χ3n) is 3.50. The fourth-order valence-corrected chi connectivity index (χ4v) is 2.16. The average molecular weight is 256 g/mol. The lowest BCUT2D eigenvalue weighted by atomic mass is 10.1. The van der Waals surface area contributed by atoms with E-state index in [4.69, 9.17) is 0 Å². The predicted molar refractivity (Wildman–Crippen MR) is 72.5 cm³/mol. The number of aromatic nitrogens is 2. The number of rotatable bonds is 4. The Morgan fingerprint density at radius 1 is 1.21 bits per heavy atom. The smallest absolute Gasteiger partial charge is 0.296 e. The SMILES string of the molecule is Cc1ccc(C(=O)Cn2ccn(C3CC3)c2=O)cc1. The number of hydrogen-bond donors (Lipinski definition) is 0. The Balaban J connectivity index is 1.79. The van der Waals surface area contributed by atoms with Gasteiger partial charge in [0.15, 0.2) is 5.78 Å². The van der Waals surface area contributed by atoms with Gasteiger partial charge in [0.1, 0.15) is 0 Å². The highest BCUT2D eigenvalue weighted by Gasteiger charge is 2.25. The molecule has 3 rings (SSSR count). The molecule has 1 aromatic heterocycles. The van der Waals surface area contributed by atoms with Crippen LogP contribution in [-0.4, -0.2) is 14.9 Å². The quantitative estimate of drug-likeness (QED) is 0.787. The molecule has 0 spiro atoms. The number of carbonyl (C=O) groups excluding carboxylic acids is 1. The van der Waals surface area contributed by atoms with Crippen LogP contribution in [0.25, 0.3) is 0 Å². The Hall–Kier alpha value is -2.10. The van der Waals surface area contributed by atoms with Crippen LogP contribution < -0.4 is 5.69 Å². The van der Waals surface area contributed by atoms with E-state index in [0.717, 1.165) is 18.4 Å². The lowest BCUT2D eigenvalue weighted by Gasteiger charge is -2.02. The monoisotopic (exact) mass is 256 g/mol. The van der Waals surface area contributed by atoms with Crippen LogP contribution in [0.5, 0.6) is 0 Å². The van der Waals surface area contributed by atoms with Gasteiger partial charge in [-0.05, 0) is 19.8 Å². The Labute approximate surface area is 111 Å². The number of Topliss-reactive ketones (excluding diaryl/α,β-unsaturated/α-hetero) is 1. The van der Waals surface area contributed by atoms with Crippen molar-refractivity contribution in [2.24, 2.45) is 0 Å². The number of aryl methyl sites for hydroxylation is 1. The molecular formula is C15H16N2O2. The summed E-state index contributed by atoms with van der Waals surface area (Å²) in [6.07, 6.45) is 5.61.